The maximum Gasteiger partial charge on any atom is 0.417 e. The van der Waals surface area contributed by atoms with Crippen molar-refractivity contribution in [2.24, 2.45) is 18.6 Å². The number of alkyl halides is 3. The summed E-state index contributed by atoms with van der Waals surface area (Å²) in [6.07, 6.45) is -2.62. The minimum Gasteiger partial charge on any atom is -0.399 e. The first-order chi connectivity index (χ1) is 14.5. The number of carbonyl (C=O) groups excluding carboxylic acids is 1. The largest absolute Gasteiger partial charge is 0.417 e. The minimum absolute atomic E-state index is 0.211. The summed E-state index contributed by atoms with van der Waals surface area (Å²) < 4.78 is 40.9. The van der Waals surface area contributed by atoms with Gasteiger partial charge in [0.15, 0.2) is 5.82 Å². The number of nitrogens with zero attached hydrogens (tertiary/aromatic N) is 4. The van der Waals surface area contributed by atoms with E-state index in [1.165, 1.54) is 16.0 Å². The van der Waals surface area contributed by atoms with Gasteiger partial charge in [-0.3, -0.25) is 14.5 Å². The molecule has 1 aromatic carbocycles. The summed E-state index contributed by atoms with van der Waals surface area (Å²) in [5, 5.41) is 4.94. The van der Waals surface area contributed by atoms with Crippen LogP contribution in [0.25, 0.3) is 0 Å². The molecule has 1 amide bonds. The van der Waals surface area contributed by atoms with Gasteiger partial charge in [-0.1, -0.05) is 31.5 Å². The van der Waals surface area contributed by atoms with Crippen molar-refractivity contribution >= 4 is 23.3 Å². The molecule has 4 N–H and O–H groups in total. The summed E-state index contributed by atoms with van der Waals surface area (Å²) in [5.41, 5.74) is 5.88. The number of hydrogen-bond donors (Lipinski definition) is 2. The number of hydrogen-bond acceptors (Lipinski definition) is 5. The summed E-state index contributed by atoms with van der Waals surface area (Å²) in [4.78, 5) is 14.3. The Morgan fingerprint density at radius 3 is 2.48 bits per heavy atom. The summed E-state index contributed by atoms with van der Waals surface area (Å²) in [6.45, 7) is 5.89. The van der Waals surface area contributed by atoms with Crippen LogP contribution >= 0.6 is 11.6 Å². The number of amides is 1. The molecule has 31 heavy (non-hydrogen) atoms. The third kappa shape index (κ3) is 4.96. The number of hydrazine groups is 1. The molecule has 170 valence electrons. The van der Waals surface area contributed by atoms with Gasteiger partial charge in [0.1, 0.15) is 0 Å². The van der Waals surface area contributed by atoms with Gasteiger partial charge < -0.3 is 10.6 Å². The van der Waals surface area contributed by atoms with Crippen molar-refractivity contribution in [1.29, 1.82) is 0 Å². The van der Waals surface area contributed by atoms with E-state index < -0.39 is 28.7 Å². The highest BCUT2D eigenvalue weighted by Crippen LogP contribution is 2.37. The van der Waals surface area contributed by atoms with Gasteiger partial charge in [0, 0.05) is 32.3 Å². The zero-order chi connectivity index (χ0) is 23.5. The zero-order valence-electron chi connectivity index (χ0n) is 17.7. The Kier molecular flexibility index (Phi) is 7.61. The Balaban J connectivity index is 0.00000166. The van der Waals surface area contributed by atoms with Crippen LogP contribution in [-0.2, 0) is 13.2 Å². The molecule has 0 aliphatic carbocycles. The number of carbonyl (C=O) groups is 1. The number of aromatic nitrogens is 2. The molecule has 1 unspecified atom stereocenters. The third-order valence-electron chi connectivity index (χ3n) is 4.87. The molecule has 0 fully saturated rings. The highest BCUT2D eigenvalue weighted by atomic mass is 35.5. The minimum atomic E-state index is -4.66. The van der Waals surface area contributed by atoms with Crippen molar-refractivity contribution in [1.82, 2.24) is 14.7 Å². The lowest BCUT2D eigenvalue weighted by Crippen LogP contribution is -2.49. The second-order valence-corrected chi connectivity index (χ2v) is 7.09. The van der Waals surface area contributed by atoms with Gasteiger partial charge in [0.05, 0.1) is 33.6 Å². The van der Waals surface area contributed by atoms with E-state index in [1.54, 1.807) is 30.9 Å². The highest BCUT2D eigenvalue weighted by Gasteiger charge is 2.37. The van der Waals surface area contributed by atoms with Gasteiger partial charge in [-0.15, -0.1) is 0 Å². The Morgan fingerprint density at radius 1 is 1.29 bits per heavy atom. The van der Waals surface area contributed by atoms with Gasteiger partial charge in [-0.05, 0) is 19.1 Å². The maximum atomic E-state index is 13.1. The van der Waals surface area contributed by atoms with Crippen LogP contribution in [0.5, 0.6) is 0 Å². The summed E-state index contributed by atoms with van der Waals surface area (Å²) >= 11 is 5.90. The van der Waals surface area contributed by atoms with Crippen LogP contribution in [-0.4, -0.2) is 33.2 Å². The molecule has 7 nitrogen and oxygen atoms in total. The second-order valence-electron chi connectivity index (χ2n) is 6.71. The van der Waals surface area contributed by atoms with Crippen molar-refractivity contribution in [3.8, 4) is 0 Å². The molecular formula is C20H26ClF3N6O. The van der Waals surface area contributed by atoms with Crippen molar-refractivity contribution < 1.29 is 18.0 Å². The van der Waals surface area contributed by atoms with E-state index in [1.807, 2.05) is 13.8 Å². The quantitative estimate of drug-likeness (QED) is 0.537. The molecule has 2 heterocycles. The van der Waals surface area contributed by atoms with Gasteiger partial charge in [0.25, 0.3) is 5.91 Å². The van der Waals surface area contributed by atoms with Crippen LogP contribution in [0.1, 0.15) is 43.1 Å². The Hall–Kier alpha value is -2.72. The molecule has 1 aliphatic rings. The first-order valence-electron chi connectivity index (χ1n) is 9.72. The summed E-state index contributed by atoms with van der Waals surface area (Å²) in [5.74, 6) is 5.99. The van der Waals surface area contributed by atoms with Gasteiger partial charge in [-0.2, -0.15) is 18.3 Å². The van der Waals surface area contributed by atoms with E-state index in [-0.39, 0.29) is 12.1 Å². The van der Waals surface area contributed by atoms with E-state index in [9.17, 15) is 18.0 Å². The summed E-state index contributed by atoms with van der Waals surface area (Å²) in [6, 6.07) is 4.39. The van der Waals surface area contributed by atoms with Crippen LogP contribution in [0.15, 0.2) is 41.9 Å². The first kappa shape index (κ1) is 24.5. The number of anilines is 1. The summed E-state index contributed by atoms with van der Waals surface area (Å²) in [7, 11) is 1.75. The molecule has 0 saturated heterocycles. The number of aryl methyl sites for hydroxylation is 1. The van der Waals surface area contributed by atoms with Gasteiger partial charge in [-0.25, -0.2) is 5.84 Å². The van der Waals surface area contributed by atoms with Gasteiger partial charge >= 0.3 is 6.18 Å². The molecule has 2 aromatic rings. The molecule has 0 radical (unpaired) electrons. The molecule has 0 bridgehead atoms. The third-order valence-corrected chi connectivity index (χ3v) is 5.28. The Labute approximate surface area is 184 Å². The number of nitrogens with two attached hydrogens (primary N) is 2. The molecule has 3 rings (SSSR count). The normalized spacial score (nSPS) is 16.7. The number of benzene rings is 1. The number of rotatable bonds is 3. The van der Waals surface area contributed by atoms with Crippen molar-refractivity contribution in [2.75, 3.05) is 11.6 Å². The van der Waals surface area contributed by atoms with E-state index in [2.05, 4.69) is 5.10 Å². The molecular weight excluding hydrogens is 433 g/mol. The van der Waals surface area contributed by atoms with Crippen molar-refractivity contribution in [3.05, 3.63) is 58.0 Å². The van der Waals surface area contributed by atoms with Crippen LogP contribution in [0.4, 0.5) is 19.0 Å². The van der Waals surface area contributed by atoms with E-state index in [0.29, 0.717) is 23.6 Å². The Bertz CT molecular complexity index is 972. The molecule has 11 heteroatoms. The average molecular weight is 459 g/mol. The predicted octanol–water partition coefficient (Wildman–Crippen LogP) is 3.90. The fourth-order valence-electron chi connectivity index (χ4n) is 3.25. The maximum absolute atomic E-state index is 13.1. The number of halogens is 4. The van der Waals surface area contributed by atoms with Gasteiger partial charge in [0.2, 0.25) is 0 Å². The predicted molar refractivity (Wildman–Crippen MR) is 114 cm³/mol. The Morgan fingerprint density at radius 2 is 1.94 bits per heavy atom. The average Bonchev–Trinajstić information content (AvgIpc) is 3.16. The van der Waals surface area contributed by atoms with Crippen LogP contribution in [0.2, 0.25) is 5.02 Å². The molecule has 1 aliphatic heterocycles. The fraction of sp³-hybridized carbons (Fsp3) is 0.400. The molecule has 0 spiro atoms. The molecule has 1 atom stereocenters. The standard InChI is InChI=1S/C18H20ClF3N6O.C2H6/c1-10-16(23)13(28(24)14-7-8-26(2)25-14)6-9-27(10)17(29)11-4-3-5-12(15(11)19)18(20,21)22;1-2/h3-5,7-8,10H,6,9,23-24H2,1-2H3;1-2H3. The fourth-order valence-corrected chi connectivity index (χ4v) is 3.56. The van der Waals surface area contributed by atoms with E-state index in [0.717, 1.165) is 12.1 Å². The zero-order valence-corrected chi connectivity index (χ0v) is 18.5. The van der Waals surface area contributed by atoms with Crippen molar-refractivity contribution in [3.63, 3.8) is 0 Å². The SMILES string of the molecule is CC.CC1C(N)=C(N(N)c2ccn(C)n2)CCN1C(=O)c1cccc(C(F)(F)F)c1Cl. The lowest BCUT2D eigenvalue weighted by atomic mass is 10.0. The monoisotopic (exact) mass is 458 g/mol. The van der Waals surface area contributed by atoms with Crippen LogP contribution in [0, 0.1) is 0 Å². The van der Waals surface area contributed by atoms with E-state index >= 15 is 0 Å². The lowest BCUT2D eigenvalue weighted by Gasteiger charge is -2.37. The van der Waals surface area contributed by atoms with Crippen LogP contribution < -0.4 is 16.6 Å². The topological polar surface area (TPSA) is 93.4 Å². The molecule has 0 saturated carbocycles. The smallest absolute Gasteiger partial charge is 0.399 e. The first-order valence-corrected chi connectivity index (χ1v) is 10.1. The van der Waals surface area contributed by atoms with Crippen LogP contribution in [0.3, 0.4) is 0 Å². The lowest BCUT2D eigenvalue weighted by molar-refractivity contribution is -0.137. The molecule has 1 aromatic heterocycles. The second kappa shape index (κ2) is 9.61. The highest BCUT2D eigenvalue weighted by molar-refractivity contribution is 6.34. The van der Waals surface area contributed by atoms with E-state index in [4.69, 9.17) is 23.2 Å². The van der Waals surface area contributed by atoms with Crippen molar-refractivity contribution in [2.45, 2.75) is 39.4 Å².